The summed E-state index contributed by atoms with van der Waals surface area (Å²) in [4.78, 5) is 0. The molecular weight excluding hydrogens is 136 g/mol. The van der Waals surface area contributed by atoms with E-state index in [1.54, 1.807) is 0 Å². The quantitative estimate of drug-likeness (QED) is 0.386. The van der Waals surface area contributed by atoms with Gasteiger partial charge in [-0.3, -0.25) is 0 Å². The molecule has 0 heterocycles. The molecule has 0 rings (SSSR count). The largest absolute Gasteiger partial charge is 0.396 e. The Morgan fingerprint density at radius 1 is 1.60 bits per heavy atom. The van der Waals surface area contributed by atoms with Gasteiger partial charge in [0, 0.05) is 22.8 Å². The van der Waals surface area contributed by atoms with Crippen LogP contribution in [0.15, 0.2) is 0 Å². The maximum Gasteiger partial charge on any atom is 0.0519 e. The number of hydrogen-bond donors (Lipinski definition) is 2. The maximum absolute atomic E-state index is 7.80. The van der Waals surface area contributed by atoms with Gasteiger partial charge in [0.2, 0.25) is 0 Å². The van der Waals surface area contributed by atoms with Crippen LogP contribution in [0.2, 0.25) is 0 Å². The topological polar surface area (TPSA) is 20.2 Å². The molecule has 5 heavy (non-hydrogen) atoms. The molecule has 1 radical (unpaired) electrons. The molecule has 1 nitrogen and oxygen atoms in total. The minimum atomic E-state index is 0. The summed E-state index contributed by atoms with van der Waals surface area (Å²) in [5.74, 6) is 0.569. The van der Waals surface area contributed by atoms with E-state index in [2.05, 4.69) is 12.6 Å². The second-order valence-corrected chi connectivity index (χ2v) is 0.894. The Morgan fingerprint density at radius 2 is 1.80 bits per heavy atom. The first-order valence-electron chi connectivity index (χ1n) is 1.13. The van der Waals surface area contributed by atoms with E-state index in [4.69, 9.17) is 5.11 Å². The van der Waals surface area contributed by atoms with Crippen LogP contribution in [0.5, 0.6) is 0 Å². The van der Waals surface area contributed by atoms with E-state index in [-0.39, 0.29) is 23.7 Å². The zero-order valence-electron chi connectivity index (χ0n) is 2.61. The molecule has 0 atom stereocenters. The Labute approximate surface area is 47.6 Å². The summed E-state index contributed by atoms with van der Waals surface area (Å²) < 4.78 is 0. The van der Waals surface area contributed by atoms with Crippen LogP contribution >= 0.6 is 12.6 Å². The van der Waals surface area contributed by atoms with Crippen LogP contribution in [-0.2, 0) is 17.1 Å². The van der Waals surface area contributed by atoms with Crippen molar-refractivity contribution in [1.29, 1.82) is 0 Å². The molecule has 0 saturated heterocycles. The normalized spacial score (nSPS) is 6.00. The van der Waals surface area contributed by atoms with Gasteiger partial charge in [0.05, 0.1) is 6.61 Å². The Balaban J connectivity index is 0. The van der Waals surface area contributed by atoms with Crippen LogP contribution in [0.25, 0.3) is 0 Å². The Morgan fingerprint density at radius 3 is 1.80 bits per heavy atom. The van der Waals surface area contributed by atoms with Gasteiger partial charge in [-0.1, -0.05) is 0 Å². The molecule has 0 aliphatic carbocycles. The van der Waals surface area contributed by atoms with Crippen molar-refractivity contribution in [2.24, 2.45) is 0 Å². The Bertz CT molecular complexity index is 11.6. The van der Waals surface area contributed by atoms with Crippen molar-refractivity contribution in [3.63, 3.8) is 0 Å². The van der Waals surface area contributed by atoms with Crippen molar-refractivity contribution < 1.29 is 22.2 Å². The van der Waals surface area contributed by atoms with Gasteiger partial charge in [-0.05, 0) is 0 Å². The van der Waals surface area contributed by atoms with Crippen LogP contribution in [0.4, 0.5) is 0 Å². The fourth-order valence-electron chi connectivity index (χ4n) is 0. The third kappa shape index (κ3) is 11.6. The minimum absolute atomic E-state index is 0. The van der Waals surface area contributed by atoms with Gasteiger partial charge < -0.3 is 5.11 Å². The van der Waals surface area contributed by atoms with Gasteiger partial charge in [0.25, 0.3) is 0 Å². The van der Waals surface area contributed by atoms with Gasteiger partial charge in [-0.25, -0.2) is 0 Å². The van der Waals surface area contributed by atoms with Crippen molar-refractivity contribution in [2.75, 3.05) is 12.4 Å². The first kappa shape index (κ1) is 9.27. The number of aliphatic hydroxyl groups excluding tert-OH is 1. The van der Waals surface area contributed by atoms with Gasteiger partial charge in [-0.2, -0.15) is 12.6 Å². The third-order valence-electron chi connectivity index (χ3n) is 0.1000. The van der Waals surface area contributed by atoms with E-state index in [1.165, 1.54) is 0 Å². The Kier molecular flexibility index (Phi) is 16.4. The monoisotopic (exact) mass is 141 g/mol. The molecule has 0 aromatic carbocycles. The van der Waals surface area contributed by atoms with E-state index in [1.807, 2.05) is 0 Å². The zero-order valence-corrected chi connectivity index (χ0v) is 4.45. The second kappa shape index (κ2) is 8.85. The molecule has 0 fully saturated rings. The van der Waals surface area contributed by atoms with E-state index in [0.29, 0.717) is 5.75 Å². The summed E-state index contributed by atoms with van der Waals surface area (Å²) in [6.07, 6.45) is 0. The minimum Gasteiger partial charge on any atom is -0.396 e. The number of aliphatic hydroxyl groups is 1. The summed E-state index contributed by atoms with van der Waals surface area (Å²) >= 11 is 3.67. The smallest absolute Gasteiger partial charge is 0.0519 e. The predicted octanol–water partition coefficient (Wildman–Crippen LogP) is -0.0940. The summed E-state index contributed by atoms with van der Waals surface area (Å²) in [6, 6.07) is 0. The van der Waals surface area contributed by atoms with E-state index >= 15 is 0 Å². The van der Waals surface area contributed by atoms with Gasteiger partial charge in [-0.15, -0.1) is 0 Å². The molecule has 0 unspecified atom stereocenters. The molecule has 0 bridgehead atoms. The molecule has 0 aromatic heterocycles. The van der Waals surface area contributed by atoms with Crippen LogP contribution in [0, 0.1) is 0 Å². The predicted molar refractivity (Wildman–Crippen MR) is 20.9 cm³/mol. The molecule has 0 saturated carbocycles. The number of rotatable bonds is 1. The van der Waals surface area contributed by atoms with Crippen LogP contribution in [-0.4, -0.2) is 17.5 Å². The SMILES string of the molecule is OCCS.[Cu]. The molecule has 0 aliphatic heterocycles. The first-order valence-corrected chi connectivity index (χ1v) is 1.76. The van der Waals surface area contributed by atoms with E-state index in [9.17, 15) is 0 Å². The molecule has 0 spiro atoms. The van der Waals surface area contributed by atoms with Crippen LogP contribution < -0.4 is 0 Å². The zero-order chi connectivity index (χ0) is 3.41. The van der Waals surface area contributed by atoms with Crippen molar-refractivity contribution >= 4 is 12.6 Å². The molecular formula is C2H6CuOS. The van der Waals surface area contributed by atoms with Gasteiger partial charge in [0.15, 0.2) is 0 Å². The molecule has 0 aromatic rings. The number of thiol groups is 1. The first-order chi connectivity index (χ1) is 1.91. The van der Waals surface area contributed by atoms with Crippen molar-refractivity contribution in [3.05, 3.63) is 0 Å². The fourth-order valence-corrected chi connectivity index (χ4v) is 0. The Hall–Kier alpha value is 0.829. The summed E-state index contributed by atoms with van der Waals surface area (Å²) in [7, 11) is 0. The van der Waals surface area contributed by atoms with Gasteiger partial charge in [0.1, 0.15) is 0 Å². The molecule has 0 amide bonds. The van der Waals surface area contributed by atoms with E-state index < -0.39 is 0 Å². The number of hydrogen-bond acceptors (Lipinski definition) is 2. The van der Waals surface area contributed by atoms with Crippen molar-refractivity contribution in [3.8, 4) is 0 Å². The second-order valence-electron chi connectivity index (χ2n) is 0.447. The molecule has 1 N–H and O–H groups in total. The summed E-state index contributed by atoms with van der Waals surface area (Å²) in [6.45, 7) is 0.184. The standard InChI is InChI=1S/C2H6OS.Cu/c3-1-2-4;/h3-4H,1-2H2;. The summed E-state index contributed by atoms with van der Waals surface area (Å²) in [5, 5.41) is 7.80. The van der Waals surface area contributed by atoms with E-state index in [0.717, 1.165) is 0 Å². The average Bonchev–Trinajstić information content (AvgIpc) is 1.37. The molecule has 37 valence electrons. The maximum atomic E-state index is 7.80. The van der Waals surface area contributed by atoms with Gasteiger partial charge >= 0.3 is 0 Å². The van der Waals surface area contributed by atoms with Crippen LogP contribution in [0.1, 0.15) is 0 Å². The van der Waals surface area contributed by atoms with Crippen molar-refractivity contribution in [1.82, 2.24) is 0 Å². The van der Waals surface area contributed by atoms with Crippen LogP contribution in [0.3, 0.4) is 0 Å². The molecule has 0 aliphatic rings. The third-order valence-corrected chi connectivity index (χ3v) is 0.300. The molecule has 3 heteroatoms. The van der Waals surface area contributed by atoms with Crippen molar-refractivity contribution in [2.45, 2.75) is 0 Å². The average molecular weight is 142 g/mol. The fraction of sp³-hybridized carbons (Fsp3) is 1.00. The summed E-state index contributed by atoms with van der Waals surface area (Å²) in [5.41, 5.74) is 0.